The summed E-state index contributed by atoms with van der Waals surface area (Å²) in [6.45, 7) is 4.07. The van der Waals surface area contributed by atoms with Crippen molar-refractivity contribution in [3.05, 3.63) is 23.8 Å². The summed E-state index contributed by atoms with van der Waals surface area (Å²) >= 11 is 0. The smallest absolute Gasteiger partial charge is 0.200 e. The Balaban J connectivity index is 2.37. The van der Waals surface area contributed by atoms with E-state index in [-0.39, 0.29) is 5.78 Å². The molecule has 3 nitrogen and oxygen atoms in total. The number of ketones is 1. The molecule has 0 aliphatic rings. The van der Waals surface area contributed by atoms with Crippen LogP contribution in [-0.4, -0.2) is 15.8 Å². The average molecular weight is 206 g/mol. The van der Waals surface area contributed by atoms with Crippen LogP contribution in [0.3, 0.4) is 0 Å². The highest BCUT2D eigenvalue weighted by Gasteiger charge is 2.07. The second-order valence-electron chi connectivity index (χ2n) is 3.82. The van der Waals surface area contributed by atoms with Crippen LogP contribution in [0.1, 0.15) is 55.2 Å². The second kappa shape index (κ2) is 6.27. The van der Waals surface area contributed by atoms with Crippen molar-refractivity contribution in [1.82, 2.24) is 9.97 Å². The van der Waals surface area contributed by atoms with E-state index in [1.807, 2.05) is 6.92 Å². The van der Waals surface area contributed by atoms with Gasteiger partial charge in [0.1, 0.15) is 0 Å². The maximum atomic E-state index is 11.6. The highest BCUT2D eigenvalue weighted by Crippen LogP contribution is 2.06. The van der Waals surface area contributed by atoms with Gasteiger partial charge in [0.25, 0.3) is 0 Å². The highest BCUT2D eigenvalue weighted by molar-refractivity contribution is 5.92. The molecule has 0 radical (unpaired) electrons. The van der Waals surface area contributed by atoms with Crippen LogP contribution in [0, 0.1) is 6.92 Å². The molecule has 0 saturated carbocycles. The summed E-state index contributed by atoms with van der Waals surface area (Å²) in [6, 6.07) is 0. The first kappa shape index (κ1) is 11.8. The number of hydrogen-bond acceptors (Lipinski definition) is 3. The first-order valence-electron chi connectivity index (χ1n) is 5.56. The van der Waals surface area contributed by atoms with Crippen molar-refractivity contribution >= 4 is 5.78 Å². The number of rotatable bonds is 6. The molecule has 0 bridgehead atoms. The Bertz CT molecular complexity index is 306. The number of aromatic nitrogens is 2. The molecule has 0 atom stereocenters. The maximum absolute atomic E-state index is 11.6. The molecule has 3 heteroatoms. The zero-order valence-corrected chi connectivity index (χ0v) is 9.49. The van der Waals surface area contributed by atoms with Gasteiger partial charge < -0.3 is 0 Å². The Labute approximate surface area is 91.0 Å². The van der Waals surface area contributed by atoms with Gasteiger partial charge in [0.05, 0.1) is 0 Å². The van der Waals surface area contributed by atoms with Crippen LogP contribution in [0.25, 0.3) is 0 Å². The molecule has 0 aliphatic heterocycles. The molecular weight excluding hydrogens is 188 g/mol. The SMILES string of the molecule is CCCCCCC(=O)c1ncc(C)cn1. The van der Waals surface area contributed by atoms with E-state index >= 15 is 0 Å². The zero-order valence-electron chi connectivity index (χ0n) is 9.49. The highest BCUT2D eigenvalue weighted by atomic mass is 16.1. The molecule has 1 aromatic heterocycles. The van der Waals surface area contributed by atoms with E-state index in [0.29, 0.717) is 12.2 Å². The molecule has 1 rings (SSSR count). The van der Waals surface area contributed by atoms with Crippen molar-refractivity contribution in [3.8, 4) is 0 Å². The quantitative estimate of drug-likeness (QED) is 0.531. The summed E-state index contributed by atoms with van der Waals surface area (Å²) in [5.74, 6) is 0.420. The molecule has 0 fully saturated rings. The molecule has 0 amide bonds. The predicted octanol–water partition coefficient (Wildman–Crippen LogP) is 2.94. The summed E-state index contributed by atoms with van der Waals surface area (Å²) in [7, 11) is 0. The zero-order chi connectivity index (χ0) is 11.1. The van der Waals surface area contributed by atoms with Gasteiger partial charge in [0, 0.05) is 18.8 Å². The number of aryl methyl sites for hydroxylation is 1. The molecule has 0 aliphatic carbocycles. The lowest BCUT2D eigenvalue weighted by Crippen LogP contribution is -2.05. The summed E-state index contributed by atoms with van der Waals surface area (Å²) < 4.78 is 0. The van der Waals surface area contributed by atoms with Gasteiger partial charge in [-0.15, -0.1) is 0 Å². The van der Waals surface area contributed by atoms with Crippen molar-refractivity contribution < 1.29 is 4.79 Å². The van der Waals surface area contributed by atoms with E-state index in [4.69, 9.17) is 0 Å². The molecule has 0 spiro atoms. The summed E-state index contributed by atoms with van der Waals surface area (Å²) in [6.07, 6.45) is 8.40. The first-order chi connectivity index (χ1) is 7.24. The van der Waals surface area contributed by atoms with Crippen LogP contribution in [-0.2, 0) is 0 Å². The van der Waals surface area contributed by atoms with Gasteiger partial charge >= 0.3 is 0 Å². The maximum Gasteiger partial charge on any atom is 0.200 e. The molecule has 82 valence electrons. The topological polar surface area (TPSA) is 42.9 Å². The normalized spacial score (nSPS) is 10.3. The lowest BCUT2D eigenvalue weighted by molar-refractivity contribution is 0.0969. The largest absolute Gasteiger partial charge is 0.291 e. The summed E-state index contributed by atoms with van der Waals surface area (Å²) in [5, 5.41) is 0. The van der Waals surface area contributed by atoms with Gasteiger partial charge in [-0.3, -0.25) is 4.79 Å². The average Bonchev–Trinajstić information content (AvgIpc) is 2.25. The summed E-state index contributed by atoms with van der Waals surface area (Å²) in [5.41, 5.74) is 0.984. The van der Waals surface area contributed by atoms with Gasteiger partial charge in [-0.05, 0) is 18.9 Å². The molecular formula is C12H18N2O. The van der Waals surface area contributed by atoms with Crippen LogP contribution in [0.2, 0.25) is 0 Å². The number of carbonyl (C=O) groups excluding carboxylic acids is 1. The number of carbonyl (C=O) groups is 1. The summed E-state index contributed by atoms with van der Waals surface area (Å²) in [4.78, 5) is 19.6. The Kier molecular flexibility index (Phi) is 4.95. The fraction of sp³-hybridized carbons (Fsp3) is 0.583. The van der Waals surface area contributed by atoms with Crippen LogP contribution < -0.4 is 0 Å². The molecule has 0 N–H and O–H groups in total. The van der Waals surface area contributed by atoms with Gasteiger partial charge in [0.2, 0.25) is 0 Å². The number of Topliss-reactive ketones (excluding diaryl/α,β-unsaturated/α-hetero) is 1. The van der Waals surface area contributed by atoms with Crippen molar-refractivity contribution in [2.75, 3.05) is 0 Å². The third-order valence-electron chi connectivity index (χ3n) is 2.29. The lowest BCUT2D eigenvalue weighted by Gasteiger charge is -1.99. The van der Waals surface area contributed by atoms with Crippen molar-refractivity contribution in [1.29, 1.82) is 0 Å². The van der Waals surface area contributed by atoms with Gasteiger partial charge in [0.15, 0.2) is 11.6 Å². The van der Waals surface area contributed by atoms with E-state index < -0.39 is 0 Å². The third kappa shape index (κ3) is 4.19. The van der Waals surface area contributed by atoms with E-state index in [0.717, 1.165) is 18.4 Å². The van der Waals surface area contributed by atoms with Crippen LogP contribution in [0.5, 0.6) is 0 Å². The van der Waals surface area contributed by atoms with Gasteiger partial charge in [-0.25, -0.2) is 9.97 Å². The van der Waals surface area contributed by atoms with E-state index in [1.165, 1.54) is 12.8 Å². The molecule has 0 saturated heterocycles. The molecule has 0 aromatic carbocycles. The molecule has 1 aromatic rings. The molecule has 0 unspecified atom stereocenters. The number of nitrogens with zero attached hydrogens (tertiary/aromatic N) is 2. The minimum absolute atomic E-state index is 0.0612. The first-order valence-corrected chi connectivity index (χ1v) is 5.56. The minimum atomic E-state index is 0.0612. The van der Waals surface area contributed by atoms with Crippen molar-refractivity contribution in [3.63, 3.8) is 0 Å². The van der Waals surface area contributed by atoms with Gasteiger partial charge in [-0.2, -0.15) is 0 Å². The number of unbranched alkanes of at least 4 members (excludes halogenated alkanes) is 3. The Morgan fingerprint density at radius 2 is 1.87 bits per heavy atom. The fourth-order valence-electron chi connectivity index (χ4n) is 1.36. The van der Waals surface area contributed by atoms with E-state index in [2.05, 4.69) is 16.9 Å². The van der Waals surface area contributed by atoms with E-state index in [1.54, 1.807) is 12.4 Å². The Morgan fingerprint density at radius 1 is 1.20 bits per heavy atom. The van der Waals surface area contributed by atoms with Gasteiger partial charge in [-0.1, -0.05) is 26.2 Å². The van der Waals surface area contributed by atoms with E-state index in [9.17, 15) is 4.79 Å². The Hall–Kier alpha value is -1.25. The van der Waals surface area contributed by atoms with Crippen LogP contribution in [0.4, 0.5) is 0 Å². The molecule has 1 heterocycles. The third-order valence-corrected chi connectivity index (χ3v) is 2.29. The van der Waals surface area contributed by atoms with Crippen molar-refractivity contribution in [2.45, 2.75) is 46.0 Å². The van der Waals surface area contributed by atoms with Crippen LogP contribution >= 0.6 is 0 Å². The van der Waals surface area contributed by atoms with Crippen LogP contribution in [0.15, 0.2) is 12.4 Å². The number of hydrogen-bond donors (Lipinski definition) is 0. The Morgan fingerprint density at radius 3 is 2.47 bits per heavy atom. The second-order valence-corrected chi connectivity index (χ2v) is 3.82. The fourth-order valence-corrected chi connectivity index (χ4v) is 1.36. The molecule has 15 heavy (non-hydrogen) atoms. The predicted molar refractivity (Wildman–Crippen MR) is 59.9 cm³/mol. The monoisotopic (exact) mass is 206 g/mol. The standard InChI is InChI=1S/C12H18N2O/c1-3-4-5-6-7-11(15)12-13-8-10(2)9-14-12/h8-9H,3-7H2,1-2H3. The lowest BCUT2D eigenvalue weighted by atomic mass is 10.1. The van der Waals surface area contributed by atoms with Crippen molar-refractivity contribution in [2.24, 2.45) is 0 Å². The minimum Gasteiger partial charge on any atom is -0.291 e.